The number of hydrogen-bond donors (Lipinski definition) is 1. The molecule has 5 nitrogen and oxygen atoms in total. The average molecular weight is 358 g/mol. The Kier molecular flexibility index (Phi) is 5.78. The Labute approximate surface area is 133 Å². The number of nitrogens with zero attached hydrogens (tertiary/aromatic N) is 1. The summed E-state index contributed by atoms with van der Waals surface area (Å²) in [6.07, 6.45) is -0.435. The second kappa shape index (κ2) is 6.93. The number of carbonyl (C=O) groups excluding carboxylic acids is 1. The molecule has 0 aliphatic heterocycles. The highest BCUT2D eigenvalue weighted by atomic mass is 79.9. The van der Waals surface area contributed by atoms with Crippen LogP contribution in [0.15, 0.2) is 28.7 Å². The molecule has 0 bridgehead atoms. The molecular weight excluding hydrogens is 338 g/mol. The highest BCUT2D eigenvalue weighted by molar-refractivity contribution is 9.10. The summed E-state index contributed by atoms with van der Waals surface area (Å²) in [5.74, 6) is -1.07. The van der Waals surface area contributed by atoms with Gasteiger partial charge in [0.2, 0.25) is 0 Å². The van der Waals surface area contributed by atoms with Crippen molar-refractivity contribution in [2.24, 2.45) is 0 Å². The van der Waals surface area contributed by atoms with Crippen LogP contribution in [0.25, 0.3) is 0 Å². The van der Waals surface area contributed by atoms with Crippen molar-refractivity contribution in [1.29, 1.82) is 0 Å². The fourth-order valence-corrected chi connectivity index (χ4v) is 2.18. The first-order valence-electron chi connectivity index (χ1n) is 6.53. The van der Waals surface area contributed by atoms with Gasteiger partial charge in [-0.25, -0.2) is 9.59 Å². The van der Waals surface area contributed by atoms with E-state index in [1.54, 1.807) is 20.8 Å². The van der Waals surface area contributed by atoms with Gasteiger partial charge in [0.05, 0.1) is 0 Å². The minimum Gasteiger partial charge on any atom is -0.480 e. The number of carbonyl (C=O) groups is 2. The third-order valence-electron chi connectivity index (χ3n) is 2.75. The second-order valence-electron chi connectivity index (χ2n) is 5.78. The van der Waals surface area contributed by atoms with E-state index in [4.69, 9.17) is 4.74 Å². The monoisotopic (exact) mass is 357 g/mol. The van der Waals surface area contributed by atoms with Crippen LogP contribution in [-0.4, -0.2) is 40.8 Å². The zero-order chi connectivity index (χ0) is 16.2. The smallest absolute Gasteiger partial charge is 0.410 e. The fourth-order valence-electron chi connectivity index (χ4n) is 1.74. The molecule has 0 unspecified atom stereocenters. The summed E-state index contributed by atoms with van der Waals surface area (Å²) < 4.78 is 6.07. The van der Waals surface area contributed by atoms with Crippen LogP contribution in [0.1, 0.15) is 26.3 Å². The highest BCUT2D eigenvalue weighted by Gasteiger charge is 2.30. The number of amides is 1. The molecule has 1 atom stereocenters. The van der Waals surface area contributed by atoms with Crippen molar-refractivity contribution in [2.75, 3.05) is 7.05 Å². The van der Waals surface area contributed by atoms with Gasteiger partial charge in [-0.05, 0) is 38.5 Å². The molecule has 6 heteroatoms. The molecule has 1 aromatic carbocycles. The van der Waals surface area contributed by atoms with Gasteiger partial charge < -0.3 is 9.84 Å². The zero-order valence-electron chi connectivity index (χ0n) is 12.6. The number of rotatable bonds is 4. The summed E-state index contributed by atoms with van der Waals surface area (Å²) in [7, 11) is 1.44. The first-order valence-corrected chi connectivity index (χ1v) is 7.32. The Morgan fingerprint density at radius 1 is 1.38 bits per heavy atom. The normalized spacial score (nSPS) is 12.6. The molecule has 0 fully saturated rings. The van der Waals surface area contributed by atoms with Gasteiger partial charge in [-0.2, -0.15) is 0 Å². The molecule has 1 rings (SSSR count). The molecule has 116 valence electrons. The van der Waals surface area contributed by atoms with Gasteiger partial charge in [0.25, 0.3) is 0 Å². The molecule has 0 aliphatic rings. The molecule has 1 aromatic rings. The van der Waals surface area contributed by atoms with Crippen molar-refractivity contribution in [3.05, 3.63) is 34.3 Å². The van der Waals surface area contributed by atoms with Crippen molar-refractivity contribution < 1.29 is 19.4 Å². The molecule has 0 aromatic heterocycles. The van der Waals surface area contributed by atoms with Crippen LogP contribution in [0.4, 0.5) is 4.79 Å². The van der Waals surface area contributed by atoms with Crippen molar-refractivity contribution >= 4 is 28.0 Å². The van der Waals surface area contributed by atoms with Gasteiger partial charge in [-0.3, -0.25) is 4.90 Å². The Hall–Kier alpha value is -1.56. The molecule has 0 saturated carbocycles. The standard InChI is InChI=1S/C15H20BrNO4/c1-15(2,3)21-14(20)17(4)12(13(18)19)9-10-6-5-7-11(16)8-10/h5-8,12H,9H2,1-4H3,(H,18,19)/t12-/m0/s1. The molecular formula is C15H20BrNO4. The van der Waals surface area contributed by atoms with E-state index in [2.05, 4.69) is 15.9 Å². The van der Waals surface area contributed by atoms with E-state index in [1.165, 1.54) is 7.05 Å². The van der Waals surface area contributed by atoms with Crippen LogP contribution in [0.5, 0.6) is 0 Å². The number of halogens is 1. The van der Waals surface area contributed by atoms with Crippen LogP contribution < -0.4 is 0 Å². The van der Waals surface area contributed by atoms with Crippen molar-refractivity contribution in [3.63, 3.8) is 0 Å². The maximum atomic E-state index is 12.0. The van der Waals surface area contributed by atoms with Gasteiger partial charge >= 0.3 is 12.1 Å². The van der Waals surface area contributed by atoms with Crippen LogP contribution in [0, 0.1) is 0 Å². The number of ether oxygens (including phenoxy) is 1. The minimum atomic E-state index is -1.07. The Balaban J connectivity index is 2.86. The van der Waals surface area contributed by atoms with Gasteiger partial charge in [0.1, 0.15) is 11.6 Å². The quantitative estimate of drug-likeness (QED) is 0.897. The lowest BCUT2D eigenvalue weighted by Gasteiger charge is -2.28. The maximum Gasteiger partial charge on any atom is 0.410 e. The van der Waals surface area contributed by atoms with Gasteiger partial charge in [-0.15, -0.1) is 0 Å². The third kappa shape index (κ3) is 5.75. The molecule has 1 N–H and O–H groups in total. The van der Waals surface area contributed by atoms with Crippen LogP contribution in [-0.2, 0) is 16.0 Å². The van der Waals surface area contributed by atoms with E-state index in [0.29, 0.717) is 0 Å². The predicted octanol–water partition coefficient (Wildman–Crippen LogP) is 3.31. The molecule has 0 spiro atoms. The van der Waals surface area contributed by atoms with Crippen LogP contribution >= 0.6 is 15.9 Å². The second-order valence-corrected chi connectivity index (χ2v) is 6.70. The molecule has 0 saturated heterocycles. The molecule has 21 heavy (non-hydrogen) atoms. The molecule has 1 amide bonds. The summed E-state index contributed by atoms with van der Waals surface area (Å²) in [6.45, 7) is 5.22. The Morgan fingerprint density at radius 2 is 2.00 bits per heavy atom. The number of hydrogen-bond acceptors (Lipinski definition) is 3. The lowest BCUT2D eigenvalue weighted by atomic mass is 10.1. The van der Waals surface area contributed by atoms with E-state index >= 15 is 0 Å². The zero-order valence-corrected chi connectivity index (χ0v) is 14.2. The van der Waals surface area contributed by atoms with Gasteiger partial charge in [-0.1, -0.05) is 28.1 Å². The van der Waals surface area contributed by atoms with Crippen molar-refractivity contribution in [2.45, 2.75) is 38.8 Å². The molecule has 0 radical (unpaired) electrons. The van der Waals surface area contributed by atoms with E-state index < -0.39 is 23.7 Å². The van der Waals surface area contributed by atoms with Gasteiger partial charge in [0, 0.05) is 17.9 Å². The summed E-state index contributed by atoms with van der Waals surface area (Å²) in [5, 5.41) is 9.36. The number of benzene rings is 1. The maximum absolute atomic E-state index is 12.0. The number of aliphatic carboxylic acids is 1. The van der Waals surface area contributed by atoms with E-state index in [-0.39, 0.29) is 6.42 Å². The number of likely N-dealkylation sites (N-methyl/N-ethyl adjacent to an activating group) is 1. The third-order valence-corrected chi connectivity index (χ3v) is 3.25. The van der Waals surface area contributed by atoms with E-state index in [9.17, 15) is 14.7 Å². The number of carboxylic acids is 1. The minimum absolute atomic E-state index is 0.213. The predicted molar refractivity (Wildman–Crippen MR) is 83.3 cm³/mol. The largest absolute Gasteiger partial charge is 0.480 e. The molecule has 0 heterocycles. The van der Waals surface area contributed by atoms with Gasteiger partial charge in [0.15, 0.2) is 0 Å². The van der Waals surface area contributed by atoms with Crippen molar-refractivity contribution in [1.82, 2.24) is 4.90 Å². The highest BCUT2D eigenvalue weighted by Crippen LogP contribution is 2.17. The SMILES string of the molecule is CN(C(=O)OC(C)(C)C)[C@@H](Cc1cccc(Br)c1)C(=O)O. The lowest BCUT2D eigenvalue weighted by molar-refractivity contribution is -0.142. The fraction of sp³-hybridized carbons (Fsp3) is 0.467. The van der Waals surface area contributed by atoms with E-state index in [0.717, 1.165) is 14.9 Å². The lowest BCUT2D eigenvalue weighted by Crippen LogP contribution is -2.46. The molecule has 0 aliphatic carbocycles. The average Bonchev–Trinajstić information content (AvgIpc) is 2.32. The van der Waals surface area contributed by atoms with Crippen molar-refractivity contribution in [3.8, 4) is 0 Å². The summed E-state index contributed by atoms with van der Waals surface area (Å²) in [6, 6.07) is 6.36. The van der Waals surface area contributed by atoms with Crippen LogP contribution in [0.2, 0.25) is 0 Å². The van der Waals surface area contributed by atoms with E-state index in [1.807, 2.05) is 24.3 Å². The summed E-state index contributed by atoms with van der Waals surface area (Å²) >= 11 is 3.34. The topological polar surface area (TPSA) is 66.8 Å². The first kappa shape index (κ1) is 17.5. The van der Waals surface area contributed by atoms with Crippen LogP contribution in [0.3, 0.4) is 0 Å². The number of carboxylic acid groups (broad SMARTS) is 1. The Morgan fingerprint density at radius 3 is 2.48 bits per heavy atom. The summed E-state index contributed by atoms with van der Waals surface area (Å²) in [5.41, 5.74) is 0.164. The Bertz CT molecular complexity index is 525. The first-order chi connectivity index (χ1) is 9.60. The summed E-state index contributed by atoms with van der Waals surface area (Å²) in [4.78, 5) is 24.6.